The number of amides is 2. The lowest BCUT2D eigenvalue weighted by atomic mass is 9.93. The number of nitrogens with one attached hydrogen (secondary N) is 1. The van der Waals surface area contributed by atoms with Gasteiger partial charge >= 0.3 is 0 Å². The van der Waals surface area contributed by atoms with Crippen LogP contribution in [0.1, 0.15) is 56.9 Å². The van der Waals surface area contributed by atoms with Gasteiger partial charge < -0.3 is 15.0 Å². The number of rotatable bonds is 6. The van der Waals surface area contributed by atoms with E-state index >= 15 is 0 Å². The number of likely N-dealkylation sites (tertiary alicyclic amines) is 1. The topological polar surface area (TPSA) is 58.6 Å². The Labute approximate surface area is 162 Å². The molecular formula is C22H32N2O3. The second kappa shape index (κ2) is 9.77. The molecule has 0 bridgehead atoms. The van der Waals surface area contributed by atoms with Gasteiger partial charge in [-0.1, -0.05) is 43.9 Å². The standard InChI is InChI=1S/C22H32N2O3/c1-27-20-11-7-6-8-17(20)14-15-23-22(26)18-12-13-21(25)24(16-18)19-9-4-2-3-5-10-19/h6-8,11,18-19H,2-5,9-10,12-16H2,1H3,(H,23,26)/t18-/m1/s1. The van der Waals surface area contributed by atoms with Crippen LogP contribution in [0.15, 0.2) is 24.3 Å². The summed E-state index contributed by atoms with van der Waals surface area (Å²) in [6.45, 7) is 1.18. The molecule has 2 fully saturated rings. The number of carbonyl (C=O) groups is 2. The van der Waals surface area contributed by atoms with E-state index in [2.05, 4.69) is 5.32 Å². The van der Waals surface area contributed by atoms with Crippen molar-refractivity contribution < 1.29 is 14.3 Å². The number of nitrogens with zero attached hydrogens (tertiary/aromatic N) is 1. The molecule has 3 rings (SSSR count). The predicted octanol–water partition coefficient (Wildman–Crippen LogP) is 3.32. The van der Waals surface area contributed by atoms with E-state index in [9.17, 15) is 9.59 Å². The fourth-order valence-corrected chi connectivity index (χ4v) is 4.38. The van der Waals surface area contributed by atoms with Gasteiger partial charge in [-0.2, -0.15) is 0 Å². The maximum Gasteiger partial charge on any atom is 0.224 e. The first kappa shape index (κ1) is 19.7. The minimum absolute atomic E-state index is 0.0796. The molecule has 2 aliphatic rings. The van der Waals surface area contributed by atoms with Gasteiger partial charge in [-0.15, -0.1) is 0 Å². The van der Waals surface area contributed by atoms with Gasteiger partial charge in [0, 0.05) is 25.6 Å². The van der Waals surface area contributed by atoms with E-state index in [-0.39, 0.29) is 17.7 Å². The molecule has 1 atom stereocenters. The SMILES string of the molecule is COc1ccccc1CCNC(=O)[C@@H]1CCC(=O)N(C2CCCCCC2)C1. The van der Waals surface area contributed by atoms with E-state index in [1.54, 1.807) is 7.11 Å². The minimum Gasteiger partial charge on any atom is -0.496 e. The van der Waals surface area contributed by atoms with E-state index < -0.39 is 0 Å². The zero-order chi connectivity index (χ0) is 19.1. The third-order valence-electron chi connectivity index (χ3n) is 5.97. The molecule has 0 unspecified atom stereocenters. The number of para-hydroxylation sites is 1. The summed E-state index contributed by atoms with van der Waals surface area (Å²) < 4.78 is 5.37. The van der Waals surface area contributed by atoms with Crippen LogP contribution in [0, 0.1) is 5.92 Å². The van der Waals surface area contributed by atoms with Gasteiger partial charge in [0.05, 0.1) is 13.0 Å². The summed E-state index contributed by atoms with van der Waals surface area (Å²) in [7, 11) is 1.67. The summed E-state index contributed by atoms with van der Waals surface area (Å²) in [6, 6.07) is 8.23. The summed E-state index contributed by atoms with van der Waals surface area (Å²) in [6.07, 6.45) is 9.03. The lowest BCUT2D eigenvalue weighted by Gasteiger charge is -2.37. The van der Waals surface area contributed by atoms with Gasteiger partial charge in [0.2, 0.25) is 11.8 Å². The van der Waals surface area contributed by atoms with E-state index in [1.165, 1.54) is 25.7 Å². The molecule has 5 nitrogen and oxygen atoms in total. The molecule has 1 saturated carbocycles. The van der Waals surface area contributed by atoms with E-state index in [4.69, 9.17) is 4.74 Å². The third-order valence-corrected chi connectivity index (χ3v) is 5.97. The van der Waals surface area contributed by atoms with Crippen LogP contribution in [-0.2, 0) is 16.0 Å². The van der Waals surface area contributed by atoms with Crippen molar-refractivity contribution in [1.82, 2.24) is 10.2 Å². The molecule has 0 radical (unpaired) electrons. The van der Waals surface area contributed by atoms with Crippen LogP contribution in [0.4, 0.5) is 0 Å². The van der Waals surface area contributed by atoms with Crippen LogP contribution >= 0.6 is 0 Å². The molecule has 0 spiro atoms. The van der Waals surface area contributed by atoms with Crippen molar-refractivity contribution in [2.45, 2.75) is 63.8 Å². The molecule has 1 N–H and O–H groups in total. The summed E-state index contributed by atoms with van der Waals surface area (Å²) >= 11 is 0. The third kappa shape index (κ3) is 5.24. The second-order valence-electron chi connectivity index (χ2n) is 7.78. The Morgan fingerprint density at radius 3 is 2.63 bits per heavy atom. The number of piperidine rings is 1. The molecule has 5 heteroatoms. The Hall–Kier alpha value is -2.04. The molecule has 148 valence electrons. The number of hydrogen-bond donors (Lipinski definition) is 1. The maximum absolute atomic E-state index is 12.7. The Morgan fingerprint density at radius 2 is 1.89 bits per heavy atom. The molecule has 1 aliphatic heterocycles. The van der Waals surface area contributed by atoms with Crippen LogP contribution < -0.4 is 10.1 Å². The summed E-state index contributed by atoms with van der Waals surface area (Å²) in [5.74, 6) is 1.09. The maximum atomic E-state index is 12.7. The van der Waals surface area contributed by atoms with E-state index in [0.29, 0.717) is 32.0 Å². The number of benzene rings is 1. The molecule has 1 heterocycles. The highest BCUT2D eigenvalue weighted by atomic mass is 16.5. The second-order valence-corrected chi connectivity index (χ2v) is 7.78. The molecule has 1 saturated heterocycles. The highest BCUT2D eigenvalue weighted by Crippen LogP contribution is 2.27. The van der Waals surface area contributed by atoms with Crippen LogP contribution in [0.25, 0.3) is 0 Å². The van der Waals surface area contributed by atoms with Crippen molar-refractivity contribution in [3.8, 4) is 5.75 Å². The van der Waals surface area contributed by atoms with Crippen molar-refractivity contribution in [1.29, 1.82) is 0 Å². The fourth-order valence-electron chi connectivity index (χ4n) is 4.38. The smallest absolute Gasteiger partial charge is 0.224 e. The van der Waals surface area contributed by atoms with Crippen molar-refractivity contribution in [2.24, 2.45) is 5.92 Å². The first-order valence-corrected chi connectivity index (χ1v) is 10.4. The molecule has 2 amide bonds. The van der Waals surface area contributed by atoms with Gasteiger partial charge in [0.25, 0.3) is 0 Å². The Bertz CT molecular complexity index is 638. The molecule has 1 aromatic carbocycles. The minimum atomic E-state index is -0.0800. The highest BCUT2D eigenvalue weighted by Gasteiger charge is 2.34. The van der Waals surface area contributed by atoms with Crippen molar-refractivity contribution in [2.75, 3.05) is 20.2 Å². The quantitative estimate of drug-likeness (QED) is 0.780. The van der Waals surface area contributed by atoms with Crippen molar-refractivity contribution >= 4 is 11.8 Å². The lowest BCUT2D eigenvalue weighted by Crippen LogP contribution is -2.50. The van der Waals surface area contributed by atoms with Crippen molar-refractivity contribution in [3.63, 3.8) is 0 Å². The summed E-state index contributed by atoms with van der Waals surface area (Å²) in [4.78, 5) is 27.1. The van der Waals surface area contributed by atoms with E-state index in [1.807, 2.05) is 29.2 Å². The van der Waals surface area contributed by atoms with Crippen LogP contribution in [0.2, 0.25) is 0 Å². The van der Waals surface area contributed by atoms with Gasteiger partial charge in [-0.3, -0.25) is 9.59 Å². The number of methoxy groups -OCH3 is 1. The lowest BCUT2D eigenvalue weighted by molar-refractivity contribution is -0.141. The zero-order valence-corrected chi connectivity index (χ0v) is 16.4. The van der Waals surface area contributed by atoms with Gasteiger partial charge in [-0.05, 0) is 37.3 Å². The first-order chi connectivity index (χ1) is 13.2. The van der Waals surface area contributed by atoms with Gasteiger partial charge in [0.1, 0.15) is 5.75 Å². The Kier molecular flexibility index (Phi) is 7.13. The van der Waals surface area contributed by atoms with Gasteiger partial charge in [-0.25, -0.2) is 0 Å². The van der Waals surface area contributed by atoms with Gasteiger partial charge in [0.15, 0.2) is 0 Å². The molecule has 1 aromatic rings. The summed E-state index contributed by atoms with van der Waals surface area (Å²) in [5.41, 5.74) is 1.10. The van der Waals surface area contributed by atoms with Crippen LogP contribution in [-0.4, -0.2) is 43.0 Å². The van der Waals surface area contributed by atoms with E-state index in [0.717, 1.165) is 30.6 Å². The van der Waals surface area contributed by atoms with Crippen molar-refractivity contribution in [3.05, 3.63) is 29.8 Å². The Balaban J connectivity index is 1.51. The number of hydrogen-bond acceptors (Lipinski definition) is 3. The van der Waals surface area contributed by atoms with Crippen LogP contribution in [0.5, 0.6) is 5.75 Å². The average molecular weight is 373 g/mol. The zero-order valence-electron chi connectivity index (χ0n) is 16.4. The monoisotopic (exact) mass is 372 g/mol. The predicted molar refractivity (Wildman–Crippen MR) is 106 cm³/mol. The first-order valence-electron chi connectivity index (χ1n) is 10.4. The van der Waals surface area contributed by atoms with Crippen LogP contribution in [0.3, 0.4) is 0 Å². The fraction of sp³-hybridized carbons (Fsp3) is 0.636. The average Bonchev–Trinajstić information content (AvgIpc) is 2.98. The molecule has 1 aliphatic carbocycles. The Morgan fingerprint density at radius 1 is 1.15 bits per heavy atom. The molecule has 27 heavy (non-hydrogen) atoms. The number of ether oxygens (including phenoxy) is 1. The molecular weight excluding hydrogens is 340 g/mol. The molecule has 0 aromatic heterocycles. The largest absolute Gasteiger partial charge is 0.496 e. The summed E-state index contributed by atoms with van der Waals surface area (Å²) in [5, 5.41) is 3.07. The normalized spacial score (nSPS) is 21.6. The highest BCUT2D eigenvalue weighted by molar-refractivity contribution is 5.84. The number of carbonyl (C=O) groups excluding carboxylic acids is 2.